The molecule has 0 unspecified atom stereocenters. The van der Waals surface area contributed by atoms with Gasteiger partial charge in [0.2, 0.25) is 5.91 Å². The van der Waals surface area contributed by atoms with Gasteiger partial charge >= 0.3 is 0 Å². The highest BCUT2D eigenvalue weighted by atomic mass is 79.9. The summed E-state index contributed by atoms with van der Waals surface area (Å²) in [6.45, 7) is 0. The van der Waals surface area contributed by atoms with Gasteiger partial charge in [0.25, 0.3) is 0 Å². The fraction of sp³-hybridized carbons (Fsp3) is 0.0909. The molecule has 1 aromatic heterocycles. The number of pyridine rings is 1. The van der Waals surface area contributed by atoms with Crippen molar-refractivity contribution in [2.45, 2.75) is 6.42 Å². The first-order valence-electron chi connectivity index (χ1n) is 4.66. The van der Waals surface area contributed by atoms with Gasteiger partial charge in [-0.25, -0.2) is 0 Å². The summed E-state index contributed by atoms with van der Waals surface area (Å²) in [5.41, 5.74) is 6.19. The molecule has 0 spiro atoms. The van der Waals surface area contributed by atoms with Crippen LogP contribution in [-0.4, -0.2) is 10.9 Å². The Kier molecular flexibility index (Phi) is 2.78. The number of carbonyl (C=O) groups excluding carboxylic acids is 1. The van der Waals surface area contributed by atoms with E-state index in [0.717, 1.165) is 4.47 Å². The molecule has 5 heteroatoms. The van der Waals surface area contributed by atoms with Gasteiger partial charge in [0, 0.05) is 27.1 Å². The van der Waals surface area contributed by atoms with Crippen LogP contribution in [0.25, 0.3) is 10.9 Å². The van der Waals surface area contributed by atoms with Gasteiger partial charge < -0.3 is 10.7 Å². The standard InChI is InChI=1S/C11H9BrN2O2/c12-6-1-2-9-8(3-6)10(15)4-7(14-9)5-11(13)16/h1-4H,5H2,(H2,13,16)(H,14,15). The van der Waals surface area contributed by atoms with Crippen LogP contribution in [0.3, 0.4) is 0 Å². The molecule has 0 saturated heterocycles. The number of nitrogens with two attached hydrogens (primary N) is 1. The lowest BCUT2D eigenvalue weighted by molar-refractivity contribution is -0.117. The lowest BCUT2D eigenvalue weighted by Crippen LogP contribution is -2.16. The van der Waals surface area contributed by atoms with Gasteiger partial charge in [-0.15, -0.1) is 0 Å². The number of primary amides is 1. The lowest BCUT2D eigenvalue weighted by Gasteiger charge is -2.02. The average molecular weight is 281 g/mol. The van der Waals surface area contributed by atoms with Crippen molar-refractivity contribution in [2.75, 3.05) is 0 Å². The monoisotopic (exact) mass is 280 g/mol. The molecule has 16 heavy (non-hydrogen) atoms. The van der Waals surface area contributed by atoms with E-state index in [1.54, 1.807) is 12.1 Å². The Hall–Kier alpha value is -1.62. The number of aromatic amines is 1. The number of amides is 1. The number of benzene rings is 1. The first kappa shape index (κ1) is 10.9. The molecule has 0 fully saturated rings. The van der Waals surface area contributed by atoms with E-state index >= 15 is 0 Å². The van der Waals surface area contributed by atoms with Crippen molar-refractivity contribution in [2.24, 2.45) is 5.73 Å². The van der Waals surface area contributed by atoms with Crippen molar-refractivity contribution >= 4 is 32.7 Å². The van der Waals surface area contributed by atoms with Crippen LogP contribution in [-0.2, 0) is 11.2 Å². The molecule has 0 bridgehead atoms. The third-order valence-electron chi connectivity index (χ3n) is 2.21. The average Bonchev–Trinajstić information content (AvgIpc) is 2.18. The number of H-pyrrole nitrogens is 1. The number of fused-ring (bicyclic) bond motifs is 1. The molecule has 0 saturated carbocycles. The van der Waals surface area contributed by atoms with Gasteiger partial charge in [0.1, 0.15) is 0 Å². The summed E-state index contributed by atoms with van der Waals surface area (Å²) in [7, 11) is 0. The summed E-state index contributed by atoms with van der Waals surface area (Å²) < 4.78 is 0.841. The van der Waals surface area contributed by atoms with Gasteiger partial charge in [-0.1, -0.05) is 15.9 Å². The molecule has 0 aliphatic carbocycles. The van der Waals surface area contributed by atoms with Crippen LogP contribution in [0.4, 0.5) is 0 Å². The van der Waals surface area contributed by atoms with Gasteiger partial charge in [-0.05, 0) is 18.2 Å². The summed E-state index contributed by atoms with van der Waals surface area (Å²) in [6, 6.07) is 6.75. The maximum atomic E-state index is 11.7. The fourth-order valence-electron chi connectivity index (χ4n) is 1.56. The van der Waals surface area contributed by atoms with Gasteiger partial charge in [0.15, 0.2) is 5.43 Å². The van der Waals surface area contributed by atoms with Crippen LogP contribution < -0.4 is 11.2 Å². The van der Waals surface area contributed by atoms with Crippen molar-refractivity contribution in [3.05, 3.63) is 44.7 Å². The van der Waals surface area contributed by atoms with Crippen LogP contribution >= 0.6 is 15.9 Å². The SMILES string of the molecule is NC(=O)Cc1cc(=O)c2cc(Br)ccc2[nH]1. The fourth-order valence-corrected chi connectivity index (χ4v) is 1.92. The first-order chi connectivity index (χ1) is 7.56. The van der Waals surface area contributed by atoms with E-state index in [1.807, 2.05) is 6.07 Å². The zero-order chi connectivity index (χ0) is 11.7. The molecule has 1 aromatic carbocycles. The number of carbonyl (C=O) groups is 1. The Morgan fingerprint density at radius 2 is 2.12 bits per heavy atom. The summed E-state index contributed by atoms with van der Waals surface area (Å²) >= 11 is 3.30. The number of halogens is 1. The lowest BCUT2D eigenvalue weighted by atomic mass is 10.1. The van der Waals surface area contributed by atoms with Crippen LogP contribution in [0.15, 0.2) is 33.5 Å². The topological polar surface area (TPSA) is 76.0 Å². The van der Waals surface area contributed by atoms with Crippen LogP contribution in [0.5, 0.6) is 0 Å². The second-order valence-corrected chi connectivity index (χ2v) is 4.41. The Bertz CT molecular complexity index is 619. The number of nitrogens with one attached hydrogen (secondary N) is 1. The summed E-state index contributed by atoms with van der Waals surface area (Å²) in [5.74, 6) is -0.466. The minimum atomic E-state index is -0.466. The van der Waals surface area contributed by atoms with Gasteiger partial charge in [-0.2, -0.15) is 0 Å². The largest absolute Gasteiger partial charge is 0.369 e. The summed E-state index contributed by atoms with van der Waals surface area (Å²) in [5, 5.41) is 0.586. The molecule has 0 radical (unpaired) electrons. The van der Waals surface area contributed by atoms with E-state index in [1.165, 1.54) is 6.07 Å². The molecular formula is C11H9BrN2O2. The van der Waals surface area contributed by atoms with Crippen molar-refractivity contribution in [3.63, 3.8) is 0 Å². The van der Waals surface area contributed by atoms with Crippen molar-refractivity contribution < 1.29 is 4.79 Å². The number of hydrogen-bond donors (Lipinski definition) is 2. The van der Waals surface area contributed by atoms with E-state index in [2.05, 4.69) is 20.9 Å². The van der Waals surface area contributed by atoms with E-state index < -0.39 is 5.91 Å². The Morgan fingerprint density at radius 1 is 1.38 bits per heavy atom. The molecular weight excluding hydrogens is 272 g/mol. The molecule has 2 aromatic rings. The highest BCUT2D eigenvalue weighted by Gasteiger charge is 2.04. The van der Waals surface area contributed by atoms with E-state index in [4.69, 9.17) is 5.73 Å². The second-order valence-electron chi connectivity index (χ2n) is 3.49. The molecule has 0 aliphatic rings. The smallest absolute Gasteiger partial charge is 0.223 e. The predicted molar refractivity (Wildman–Crippen MR) is 65.2 cm³/mol. The predicted octanol–water partition coefficient (Wildman–Crippen LogP) is 1.32. The maximum Gasteiger partial charge on any atom is 0.223 e. The third kappa shape index (κ3) is 2.14. The molecule has 0 atom stereocenters. The second kappa shape index (κ2) is 4.09. The Labute approximate surface area is 99.6 Å². The van der Waals surface area contributed by atoms with Crippen LogP contribution in [0, 0.1) is 0 Å². The van der Waals surface area contributed by atoms with E-state index in [9.17, 15) is 9.59 Å². The first-order valence-corrected chi connectivity index (χ1v) is 5.45. The maximum absolute atomic E-state index is 11.7. The van der Waals surface area contributed by atoms with Crippen LogP contribution in [0.1, 0.15) is 5.69 Å². The minimum Gasteiger partial charge on any atom is -0.369 e. The zero-order valence-electron chi connectivity index (χ0n) is 8.29. The van der Waals surface area contributed by atoms with Crippen molar-refractivity contribution in [1.29, 1.82) is 0 Å². The molecule has 1 amide bonds. The van der Waals surface area contributed by atoms with Crippen LogP contribution in [0.2, 0.25) is 0 Å². The third-order valence-corrected chi connectivity index (χ3v) is 2.71. The molecule has 4 nitrogen and oxygen atoms in total. The van der Waals surface area contributed by atoms with Gasteiger partial charge in [-0.3, -0.25) is 9.59 Å². The zero-order valence-corrected chi connectivity index (χ0v) is 9.87. The Morgan fingerprint density at radius 3 is 2.81 bits per heavy atom. The highest BCUT2D eigenvalue weighted by molar-refractivity contribution is 9.10. The molecule has 3 N–H and O–H groups in total. The molecule has 2 rings (SSSR count). The number of hydrogen-bond acceptors (Lipinski definition) is 2. The summed E-state index contributed by atoms with van der Waals surface area (Å²) in [6.07, 6.45) is 0.0429. The molecule has 82 valence electrons. The highest BCUT2D eigenvalue weighted by Crippen LogP contribution is 2.15. The van der Waals surface area contributed by atoms with E-state index in [0.29, 0.717) is 16.6 Å². The molecule has 0 aliphatic heterocycles. The van der Waals surface area contributed by atoms with Crippen molar-refractivity contribution in [3.8, 4) is 0 Å². The normalized spacial score (nSPS) is 10.6. The van der Waals surface area contributed by atoms with E-state index in [-0.39, 0.29) is 11.8 Å². The Balaban J connectivity index is 2.64. The van der Waals surface area contributed by atoms with Crippen molar-refractivity contribution in [1.82, 2.24) is 4.98 Å². The molecule has 1 heterocycles. The quantitative estimate of drug-likeness (QED) is 0.871. The number of aromatic nitrogens is 1. The number of rotatable bonds is 2. The minimum absolute atomic E-state index is 0.0429. The summed E-state index contributed by atoms with van der Waals surface area (Å²) in [4.78, 5) is 25.5. The van der Waals surface area contributed by atoms with Gasteiger partial charge in [0.05, 0.1) is 6.42 Å².